The fourth-order valence-corrected chi connectivity index (χ4v) is 4.27. The van der Waals surface area contributed by atoms with Crippen LogP contribution in [-0.4, -0.2) is 47.8 Å². The third-order valence-electron chi connectivity index (χ3n) is 5.93. The molecule has 0 bridgehead atoms. The molecule has 2 fully saturated rings. The molecule has 2 unspecified atom stereocenters. The summed E-state index contributed by atoms with van der Waals surface area (Å²) in [6.07, 6.45) is 3.35. The molecule has 0 radical (unpaired) electrons. The normalized spacial score (nSPS) is 28.1. The molecule has 1 amide bonds. The minimum Gasteiger partial charge on any atom is -0.389 e. The molecule has 1 N–H and O–H groups in total. The highest BCUT2D eigenvalue weighted by Crippen LogP contribution is 2.39. The second-order valence-electron chi connectivity index (χ2n) is 7.50. The number of aliphatic hydroxyl groups is 1. The fraction of sp³-hybridized carbons (Fsp3) is 0.650. The lowest BCUT2D eigenvalue weighted by Crippen LogP contribution is -2.56. The predicted molar refractivity (Wildman–Crippen MR) is 93.6 cm³/mol. The summed E-state index contributed by atoms with van der Waals surface area (Å²) in [5.41, 5.74) is 0.153. The second kappa shape index (κ2) is 7.83. The maximum absolute atomic E-state index is 13.2. The highest BCUT2D eigenvalue weighted by molar-refractivity contribution is 5.76. The van der Waals surface area contributed by atoms with Crippen molar-refractivity contribution in [3.8, 4) is 0 Å². The van der Waals surface area contributed by atoms with E-state index in [4.69, 9.17) is 4.74 Å². The zero-order valence-corrected chi connectivity index (χ0v) is 14.9. The number of aryl methyl sites for hydroxylation is 1. The van der Waals surface area contributed by atoms with Crippen LogP contribution in [0.1, 0.15) is 38.2 Å². The largest absolute Gasteiger partial charge is 0.389 e. The lowest BCUT2D eigenvalue weighted by Gasteiger charge is -2.48. The average molecular weight is 349 g/mol. The number of hydrogen-bond acceptors (Lipinski definition) is 3. The third kappa shape index (κ3) is 4.21. The zero-order chi connectivity index (χ0) is 17.9. The van der Waals surface area contributed by atoms with E-state index in [0.717, 1.165) is 31.6 Å². The van der Waals surface area contributed by atoms with Crippen molar-refractivity contribution in [3.63, 3.8) is 0 Å². The van der Waals surface area contributed by atoms with Gasteiger partial charge < -0.3 is 14.7 Å². The molecular weight excluding hydrogens is 321 g/mol. The first-order chi connectivity index (χ1) is 12.0. The quantitative estimate of drug-likeness (QED) is 0.909. The number of rotatable bonds is 4. The first-order valence-corrected chi connectivity index (χ1v) is 9.31. The van der Waals surface area contributed by atoms with Gasteiger partial charge in [0.05, 0.1) is 5.60 Å². The van der Waals surface area contributed by atoms with Gasteiger partial charge in [-0.3, -0.25) is 4.79 Å². The molecule has 2 saturated heterocycles. The summed E-state index contributed by atoms with van der Waals surface area (Å²) in [4.78, 5) is 14.4. The van der Waals surface area contributed by atoms with E-state index in [2.05, 4.69) is 0 Å². The summed E-state index contributed by atoms with van der Waals surface area (Å²) in [5.74, 6) is 0.145. The highest BCUT2D eigenvalue weighted by atomic mass is 19.1. The van der Waals surface area contributed by atoms with Crippen LogP contribution in [0.5, 0.6) is 0 Å². The lowest BCUT2D eigenvalue weighted by molar-refractivity contribution is -0.151. The molecule has 25 heavy (non-hydrogen) atoms. The van der Waals surface area contributed by atoms with E-state index in [0.29, 0.717) is 32.4 Å². The van der Waals surface area contributed by atoms with Crippen LogP contribution in [0.3, 0.4) is 0 Å². The summed E-state index contributed by atoms with van der Waals surface area (Å²) in [5, 5.41) is 11.2. The van der Waals surface area contributed by atoms with Crippen LogP contribution in [0.2, 0.25) is 0 Å². The van der Waals surface area contributed by atoms with E-state index in [1.54, 1.807) is 6.07 Å². The van der Waals surface area contributed by atoms with Gasteiger partial charge >= 0.3 is 0 Å². The van der Waals surface area contributed by atoms with Crippen LogP contribution in [-0.2, 0) is 16.0 Å². The van der Waals surface area contributed by atoms with E-state index in [1.165, 1.54) is 12.1 Å². The highest BCUT2D eigenvalue weighted by Gasteiger charge is 2.45. The fourth-order valence-electron chi connectivity index (χ4n) is 4.27. The number of ether oxygens (including phenoxy) is 1. The van der Waals surface area contributed by atoms with Gasteiger partial charge in [-0.1, -0.05) is 19.1 Å². The van der Waals surface area contributed by atoms with Gasteiger partial charge in [-0.2, -0.15) is 0 Å². The summed E-state index contributed by atoms with van der Waals surface area (Å²) in [6.45, 7) is 4.67. The first kappa shape index (κ1) is 18.3. The molecule has 1 aromatic rings. The molecule has 3 rings (SSSR count). The van der Waals surface area contributed by atoms with Crippen molar-refractivity contribution < 1.29 is 19.0 Å². The number of carbonyl (C=O) groups is 1. The Bertz CT molecular complexity index is 602. The van der Waals surface area contributed by atoms with Crippen LogP contribution in [0.4, 0.5) is 4.39 Å². The Morgan fingerprint density at radius 3 is 2.84 bits per heavy atom. The third-order valence-corrected chi connectivity index (χ3v) is 5.93. The molecule has 2 heterocycles. The van der Waals surface area contributed by atoms with Crippen molar-refractivity contribution in [3.05, 3.63) is 35.6 Å². The number of likely N-dealkylation sites (tertiary alicyclic amines) is 1. The van der Waals surface area contributed by atoms with Crippen LogP contribution in [0.15, 0.2) is 24.3 Å². The SMILES string of the molecule is CC1CN(C(=O)CCc2cccc(F)c2)CCC1(O)C1CCOCC1. The van der Waals surface area contributed by atoms with Crippen molar-refractivity contribution in [2.75, 3.05) is 26.3 Å². The van der Waals surface area contributed by atoms with E-state index < -0.39 is 5.60 Å². The summed E-state index contributed by atoms with van der Waals surface area (Å²) >= 11 is 0. The number of benzene rings is 1. The molecule has 4 nitrogen and oxygen atoms in total. The van der Waals surface area contributed by atoms with Crippen molar-refractivity contribution in [1.82, 2.24) is 4.90 Å². The molecule has 0 aliphatic carbocycles. The van der Waals surface area contributed by atoms with Gasteiger partial charge in [0.15, 0.2) is 0 Å². The van der Waals surface area contributed by atoms with Crippen molar-refractivity contribution in [1.29, 1.82) is 0 Å². The minimum atomic E-state index is -0.691. The molecule has 2 aliphatic rings. The smallest absolute Gasteiger partial charge is 0.222 e. The van der Waals surface area contributed by atoms with Crippen LogP contribution >= 0.6 is 0 Å². The Balaban J connectivity index is 1.54. The van der Waals surface area contributed by atoms with Crippen LogP contribution < -0.4 is 0 Å². The number of piperidine rings is 1. The molecular formula is C20H28FNO3. The van der Waals surface area contributed by atoms with Gasteiger partial charge in [0.2, 0.25) is 5.91 Å². The Morgan fingerprint density at radius 1 is 1.40 bits per heavy atom. The molecule has 0 saturated carbocycles. The van der Waals surface area contributed by atoms with Gasteiger partial charge in [-0.15, -0.1) is 0 Å². The van der Waals surface area contributed by atoms with Crippen LogP contribution in [0, 0.1) is 17.7 Å². The molecule has 138 valence electrons. The predicted octanol–water partition coefficient (Wildman–Crippen LogP) is 2.78. The van der Waals surface area contributed by atoms with Gasteiger partial charge in [-0.25, -0.2) is 4.39 Å². The lowest BCUT2D eigenvalue weighted by atomic mass is 9.70. The Kier molecular flexibility index (Phi) is 5.74. The molecule has 2 aliphatic heterocycles. The number of hydrogen-bond donors (Lipinski definition) is 1. The standard InChI is InChI=1S/C20H28FNO3/c1-15-14-22(10-9-20(15,24)17-7-11-25-12-8-17)19(23)6-5-16-3-2-4-18(21)13-16/h2-4,13,15,17,24H,5-12,14H2,1H3. The van der Waals surface area contributed by atoms with Gasteiger partial charge in [0.1, 0.15) is 5.82 Å². The number of amides is 1. The van der Waals surface area contributed by atoms with E-state index in [9.17, 15) is 14.3 Å². The second-order valence-corrected chi connectivity index (χ2v) is 7.50. The topological polar surface area (TPSA) is 49.8 Å². The molecule has 0 spiro atoms. The van der Waals surface area contributed by atoms with E-state index in [-0.39, 0.29) is 23.6 Å². The van der Waals surface area contributed by atoms with Gasteiger partial charge in [0, 0.05) is 38.6 Å². The summed E-state index contributed by atoms with van der Waals surface area (Å²) < 4.78 is 18.6. The van der Waals surface area contributed by atoms with E-state index >= 15 is 0 Å². The maximum atomic E-state index is 13.2. The zero-order valence-electron chi connectivity index (χ0n) is 14.9. The Morgan fingerprint density at radius 2 is 2.16 bits per heavy atom. The average Bonchev–Trinajstić information content (AvgIpc) is 2.63. The molecule has 5 heteroatoms. The Hall–Kier alpha value is -1.46. The van der Waals surface area contributed by atoms with Crippen molar-refractivity contribution in [2.45, 2.75) is 44.6 Å². The maximum Gasteiger partial charge on any atom is 0.222 e. The monoisotopic (exact) mass is 349 g/mol. The molecule has 1 aromatic carbocycles. The number of carbonyl (C=O) groups excluding carboxylic acids is 1. The molecule has 0 aromatic heterocycles. The first-order valence-electron chi connectivity index (χ1n) is 9.31. The van der Waals surface area contributed by atoms with E-state index in [1.807, 2.05) is 17.9 Å². The Labute approximate surface area is 149 Å². The van der Waals surface area contributed by atoms with Gasteiger partial charge in [0.25, 0.3) is 0 Å². The van der Waals surface area contributed by atoms with Crippen molar-refractivity contribution >= 4 is 5.91 Å². The summed E-state index contributed by atoms with van der Waals surface area (Å²) in [7, 11) is 0. The van der Waals surface area contributed by atoms with Gasteiger partial charge in [-0.05, 0) is 49.3 Å². The molecule has 2 atom stereocenters. The number of nitrogens with zero attached hydrogens (tertiary/aromatic N) is 1. The number of halogens is 1. The summed E-state index contributed by atoms with van der Waals surface area (Å²) in [6, 6.07) is 6.41. The minimum absolute atomic E-state index is 0.0578. The van der Waals surface area contributed by atoms with Crippen LogP contribution in [0.25, 0.3) is 0 Å². The van der Waals surface area contributed by atoms with Crippen molar-refractivity contribution in [2.24, 2.45) is 11.8 Å².